The van der Waals surface area contributed by atoms with Crippen molar-refractivity contribution in [3.05, 3.63) is 308 Å². The minimum absolute atomic E-state index is 0.0628. The van der Waals surface area contributed by atoms with E-state index in [1.165, 1.54) is 22.3 Å². The Morgan fingerprint density at radius 1 is 0.229 bits per heavy atom. The third-order valence-corrected chi connectivity index (χ3v) is 21.0. The van der Waals surface area contributed by atoms with Crippen LogP contribution in [-0.2, 0) is 60.7 Å². The van der Waals surface area contributed by atoms with Crippen LogP contribution in [0, 0.1) is 62.0 Å². The fourth-order valence-electron chi connectivity index (χ4n) is 14.5. The molecule has 0 bridgehead atoms. The summed E-state index contributed by atoms with van der Waals surface area (Å²) in [5, 5.41) is 0. The Morgan fingerprint density at radius 3 is 0.789 bits per heavy atom. The molecule has 12 rings (SSSR count). The summed E-state index contributed by atoms with van der Waals surface area (Å²) < 4.78 is 106. The summed E-state index contributed by atoms with van der Waals surface area (Å²) in [6, 6.07) is 67.0. The molecule has 0 N–H and O–H groups in total. The Kier molecular flexibility index (Phi) is 20.4. The van der Waals surface area contributed by atoms with Crippen molar-refractivity contribution in [2.75, 3.05) is 0 Å². The molecule has 0 saturated heterocycles. The van der Waals surface area contributed by atoms with Crippen molar-refractivity contribution in [2.24, 2.45) is 28.2 Å². The van der Waals surface area contributed by atoms with Gasteiger partial charge in [0, 0.05) is 85.7 Å². The van der Waals surface area contributed by atoms with Crippen LogP contribution in [0.1, 0.15) is 225 Å². The minimum atomic E-state index is -2.19. The van der Waals surface area contributed by atoms with Crippen molar-refractivity contribution < 1.29 is 34.7 Å². The second kappa shape index (κ2) is 32.9. The number of pyridine rings is 4. The number of hydrogen-bond acceptors (Lipinski definition) is 0. The Labute approximate surface area is 676 Å². The van der Waals surface area contributed by atoms with E-state index in [9.17, 15) is 0 Å². The standard InChI is InChI=1S/3C28H36N.C21H22N/c3*1-19-16-20(2)24(26-15-14-21(18-29(26)9)27(3,4)5)17-23(19)22-12-10-11-13-25(22)28(6,7)8;1-15-10-11-22(4)21(12-15)20-14-19(16(2)13-17(20)3)18-8-6-5-7-9-18/h3*10-18H,1-9H3;5-14H,1-4H3/q4*+1/i3*1D3;2D3. The lowest BCUT2D eigenvalue weighted by Crippen LogP contribution is -2.33. The Balaban J connectivity index is 0.000000184. The third kappa shape index (κ3) is 19.7. The maximum Gasteiger partial charge on any atom is 0.212 e. The molecule has 4 heterocycles. The summed E-state index contributed by atoms with van der Waals surface area (Å²) in [5.41, 5.74) is 29.3. The van der Waals surface area contributed by atoms with Gasteiger partial charge in [0.15, 0.2) is 24.8 Å². The first kappa shape index (κ1) is 67.5. The van der Waals surface area contributed by atoms with E-state index in [4.69, 9.17) is 16.4 Å². The van der Waals surface area contributed by atoms with E-state index in [1.54, 1.807) is 0 Å². The first-order chi connectivity index (χ1) is 55.6. The van der Waals surface area contributed by atoms with Crippen molar-refractivity contribution in [2.45, 2.75) is 219 Å². The molecule has 8 aromatic carbocycles. The van der Waals surface area contributed by atoms with Crippen molar-refractivity contribution in [1.82, 2.24) is 0 Å². The van der Waals surface area contributed by atoms with Gasteiger partial charge >= 0.3 is 0 Å². The minimum Gasteiger partial charge on any atom is -0.201 e. The van der Waals surface area contributed by atoms with Gasteiger partial charge in [-0.25, -0.2) is 18.3 Å². The number of aromatic nitrogens is 4. The number of aryl methyl sites for hydroxylation is 13. The Hall–Kier alpha value is -9.64. The van der Waals surface area contributed by atoms with Crippen LogP contribution in [0.3, 0.4) is 0 Å². The van der Waals surface area contributed by atoms with Gasteiger partial charge < -0.3 is 0 Å². The van der Waals surface area contributed by atoms with Crippen molar-refractivity contribution in [1.29, 1.82) is 0 Å². The van der Waals surface area contributed by atoms with Crippen molar-refractivity contribution in [3.63, 3.8) is 0 Å². The van der Waals surface area contributed by atoms with E-state index in [1.807, 2.05) is 156 Å². The molecular weight excluding hydrogens is 1320 g/mol. The van der Waals surface area contributed by atoms with Gasteiger partial charge in [0.1, 0.15) is 28.2 Å². The van der Waals surface area contributed by atoms with Crippen LogP contribution < -0.4 is 18.3 Å². The molecule has 0 aliphatic carbocycles. The highest BCUT2D eigenvalue weighted by Crippen LogP contribution is 2.42. The normalized spacial score (nSPS) is 14.1. The SMILES string of the molecule is [2H]C([2H])([2H])c1cc(C)c(-c2cc(C)cc[n+]2C)cc1-c1ccccc1.[2H]C([2H])([2H])c1cc(C)c(-c2ccc(C(C)(C)C)c[n+]2C)cc1-c1ccccc1C(C)(C)C.[2H]C([2H])([2H])c1cc(C)c(-c2ccc(C(C)(C)C)c[n+]2C)cc1-c1ccccc1C(C)(C)C.[2H]C([2H])([2H])c1cc(C)c(-c2ccc(C(C)(C)C)c[n+]2C)cc1-c1ccccc1C(C)(C)C. The highest BCUT2D eigenvalue weighted by molar-refractivity contribution is 5.82. The maximum atomic E-state index is 8.23. The zero-order valence-corrected chi connectivity index (χ0v) is 70.7. The molecule has 0 fully saturated rings. The lowest BCUT2D eigenvalue weighted by Gasteiger charge is -2.24. The monoisotopic (exact) mass is 1460 g/mol. The topological polar surface area (TPSA) is 15.5 Å². The molecule has 0 amide bonds. The van der Waals surface area contributed by atoms with Crippen LogP contribution in [0.25, 0.3) is 89.5 Å². The fraction of sp³-hybridized carbons (Fsp3) is 0.352. The lowest BCUT2D eigenvalue weighted by atomic mass is 9.80. The van der Waals surface area contributed by atoms with E-state index >= 15 is 0 Å². The summed E-state index contributed by atoms with van der Waals surface area (Å²) >= 11 is 0. The predicted molar refractivity (Wildman–Crippen MR) is 469 cm³/mol. The molecule has 12 aromatic rings. The van der Waals surface area contributed by atoms with Gasteiger partial charge in [0.05, 0.1) is 0 Å². The highest BCUT2D eigenvalue weighted by atomic mass is 14.9. The maximum absolute atomic E-state index is 8.23. The second-order valence-corrected chi connectivity index (χ2v) is 36.3. The Morgan fingerprint density at radius 2 is 0.505 bits per heavy atom. The van der Waals surface area contributed by atoms with E-state index in [-0.39, 0.29) is 32.5 Å². The van der Waals surface area contributed by atoms with Crippen LogP contribution in [0.15, 0.2) is 225 Å². The summed E-state index contributed by atoms with van der Waals surface area (Å²) in [5.74, 6) is 0. The first-order valence-electron chi connectivity index (χ1n) is 44.5. The van der Waals surface area contributed by atoms with Gasteiger partial charge in [0.25, 0.3) is 0 Å². The van der Waals surface area contributed by atoms with Gasteiger partial charge in [-0.1, -0.05) is 252 Å². The first-order valence-corrected chi connectivity index (χ1v) is 38.5. The summed E-state index contributed by atoms with van der Waals surface area (Å²) in [6.07, 6.45) is 8.56. The van der Waals surface area contributed by atoms with Gasteiger partial charge in [-0.15, -0.1) is 0 Å². The molecule has 0 aliphatic rings. The van der Waals surface area contributed by atoms with Crippen LogP contribution in [-0.4, -0.2) is 0 Å². The van der Waals surface area contributed by atoms with Gasteiger partial charge in [-0.2, -0.15) is 0 Å². The zero-order valence-electron chi connectivity index (χ0n) is 82.7. The average Bonchev–Trinajstić information content (AvgIpc) is 0.769. The third-order valence-electron chi connectivity index (χ3n) is 21.0. The number of rotatable bonds is 8. The molecule has 0 saturated carbocycles. The zero-order chi connectivity index (χ0) is 90.4. The molecule has 0 atom stereocenters. The molecule has 566 valence electrons. The van der Waals surface area contributed by atoms with Crippen molar-refractivity contribution in [3.8, 4) is 89.5 Å². The van der Waals surface area contributed by atoms with Gasteiger partial charge in [-0.05, 0) is 248 Å². The van der Waals surface area contributed by atoms with E-state index in [0.717, 1.165) is 128 Å². The van der Waals surface area contributed by atoms with Gasteiger partial charge in [0.2, 0.25) is 22.8 Å². The highest BCUT2D eigenvalue weighted by Gasteiger charge is 2.29. The van der Waals surface area contributed by atoms with E-state index in [0.29, 0.717) is 22.3 Å². The lowest BCUT2D eigenvalue weighted by molar-refractivity contribution is -0.661. The molecule has 0 unspecified atom stereocenters. The predicted octanol–water partition coefficient (Wildman–Crippen LogP) is 25.9. The smallest absolute Gasteiger partial charge is 0.201 e. The van der Waals surface area contributed by atoms with Gasteiger partial charge in [-0.3, -0.25) is 0 Å². The largest absolute Gasteiger partial charge is 0.212 e. The molecule has 4 aromatic heterocycles. The molecule has 0 radical (unpaired) electrons. The summed E-state index contributed by atoms with van der Waals surface area (Å²) in [7, 11) is 8.19. The summed E-state index contributed by atoms with van der Waals surface area (Å²) in [4.78, 5) is 0. The number of nitrogens with zero attached hydrogens (tertiary/aromatic N) is 4. The van der Waals surface area contributed by atoms with Crippen LogP contribution >= 0.6 is 0 Å². The quantitative estimate of drug-likeness (QED) is 0.135. The van der Waals surface area contributed by atoms with Crippen LogP contribution in [0.5, 0.6) is 0 Å². The molecule has 4 nitrogen and oxygen atoms in total. The number of hydrogen-bond donors (Lipinski definition) is 0. The molecule has 109 heavy (non-hydrogen) atoms. The van der Waals surface area contributed by atoms with Crippen molar-refractivity contribution >= 4 is 0 Å². The van der Waals surface area contributed by atoms with E-state index in [2.05, 4.69) is 274 Å². The second-order valence-electron chi connectivity index (χ2n) is 36.3. The molecular formula is C105H130N4+4. The molecule has 4 heteroatoms. The van der Waals surface area contributed by atoms with Crippen LogP contribution in [0.2, 0.25) is 0 Å². The molecule has 0 spiro atoms. The average molecular weight is 1460 g/mol. The summed E-state index contributed by atoms with van der Waals surface area (Å²) in [6.45, 7) is 40.7. The number of benzene rings is 8. The van der Waals surface area contributed by atoms with Crippen LogP contribution in [0.4, 0.5) is 0 Å². The van der Waals surface area contributed by atoms with E-state index < -0.39 is 27.4 Å². The molecule has 0 aliphatic heterocycles. The fourth-order valence-corrected chi connectivity index (χ4v) is 14.5. The Bertz CT molecular complexity index is 5320.